The van der Waals surface area contributed by atoms with Gasteiger partial charge in [0.2, 0.25) is 5.91 Å². The molecule has 0 radical (unpaired) electrons. The number of aryl methyl sites for hydroxylation is 1. The number of nitrogens with zero attached hydrogens (tertiary/aromatic N) is 6. The van der Waals surface area contributed by atoms with E-state index in [1.54, 1.807) is 5.01 Å². The van der Waals surface area contributed by atoms with Gasteiger partial charge in [0.15, 0.2) is 11.2 Å². The summed E-state index contributed by atoms with van der Waals surface area (Å²) in [7, 11) is 2.93. The first kappa shape index (κ1) is 21.2. The number of hydrazine groups is 1. The van der Waals surface area contributed by atoms with Gasteiger partial charge in [0.25, 0.3) is 11.5 Å². The molecule has 5 rings (SSSR count). The Morgan fingerprint density at radius 3 is 2.27 bits per heavy atom. The van der Waals surface area contributed by atoms with E-state index >= 15 is 0 Å². The van der Waals surface area contributed by atoms with Crippen LogP contribution in [0.25, 0.3) is 11.2 Å². The number of carbonyl (C=O) groups is 2. The lowest BCUT2D eigenvalue weighted by molar-refractivity contribution is -0.158. The SMILES string of the molecule is Cn1c(=O)c2c(ncn2CC(=O)N2CCCN2C(=O)CC2Cc3ccccc3C2)n(C)c1=O. The van der Waals surface area contributed by atoms with Crippen molar-refractivity contribution in [1.29, 1.82) is 0 Å². The molecule has 0 bridgehead atoms. The van der Waals surface area contributed by atoms with Gasteiger partial charge < -0.3 is 4.57 Å². The van der Waals surface area contributed by atoms with E-state index < -0.39 is 11.2 Å². The fourth-order valence-electron chi connectivity index (χ4n) is 5.02. The highest BCUT2D eigenvalue weighted by Gasteiger charge is 2.33. The Morgan fingerprint density at radius 2 is 1.61 bits per heavy atom. The van der Waals surface area contributed by atoms with Crippen LogP contribution in [0.1, 0.15) is 24.0 Å². The highest BCUT2D eigenvalue weighted by Crippen LogP contribution is 2.29. The van der Waals surface area contributed by atoms with Gasteiger partial charge in [-0.15, -0.1) is 0 Å². The third-order valence-electron chi connectivity index (χ3n) is 6.73. The Balaban J connectivity index is 1.32. The molecule has 2 aliphatic rings. The Bertz CT molecular complexity index is 1360. The summed E-state index contributed by atoms with van der Waals surface area (Å²) < 4.78 is 3.73. The smallest absolute Gasteiger partial charge is 0.315 e. The number of imidazole rings is 1. The van der Waals surface area contributed by atoms with Crippen LogP contribution in [-0.2, 0) is 43.1 Å². The minimum absolute atomic E-state index is 0.0487. The van der Waals surface area contributed by atoms with Crippen LogP contribution < -0.4 is 11.2 Å². The van der Waals surface area contributed by atoms with Gasteiger partial charge in [-0.05, 0) is 36.3 Å². The number of aromatic nitrogens is 4. The zero-order valence-electron chi connectivity index (χ0n) is 18.7. The molecule has 0 saturated carbocycles. The first-order valence-electron chi connectivity index (χ1n) is 11.1. The quantitative estimate of drug-likeness (QED) is 0.566. The molecule has 0 unspecified atom stereocenters. The van der Waals surface area contributed by atoms with Gasteiger partial charge in [0.05, 0.1) is 6.33 Å². The molecule has 1 aliphatic carbocycles. The predicted molar refractivity (Wildman–Crippen MR) is 120 cm³/mol. The van der Waals surface area contributed by atoms with E-state index in [1.807, 2.05) is 12.1 Å². The van der Waals surface area contributed by atoms with E-state index in [2.05, 4.69) is 17.1 Å². The van der Waals surface area contributed by atoms with Gasteiger partial charge in [-0.25, -0.2) is 14.8 Å². The second-order valence-electron chi connectivity index (χ2n) is 8.88. The molecule has 2 amide bonds. The molecule has 3 aromatic rings. The summed E-state index contributed by atoms with van der Waals surface area (Å²) in [6.45, 7) is 0.826. The minimum Gasteiger partial charge on any atom is -0.315 e. The summed E-state index contributed by atoms with van der Waals surface area (Å²) in [5.74, 6) is -0.0902. The van der Waals surface area contributed by atoms with Crippen LogP contribution in [0.15, 0.2) is 40.2 Å². The molecule has 1 saturated heterocycles. The molecule has 3 heterocycles. The topological polar surface area (TPSA) is 102 Å². The zero-order valence-corrected chi connectivity index (χ0v) is 18.7. The van der Waals surface area contributed by atoms with Gasteiger partial charge >= 0.3 is 5.69 Å². The molecule has 172 valence electrons. The van der Waals surface area contributed by atoms with Crippen molar-refractivity contribution < 1.29 is 9.59 Å². The number of hydrogen-bond acceptors (Lipinski definition) is 5. The first-order valence-corrected chi connectivity index (χ1v) is 11.1. The van der Waals surface area contributed by atoms with Crippen LogP contribution in [0, 0.1) is 5.92 Å². The number of rotatable bonds is 4. The maximum absolute atomic E-state index is 13.1. The van der Waals surface area contributed by atoms with Crippen molar-refractivity contribution in [3.8, 4) is 0 Å². The molecule has 0 spiro atoms. The molecule has 0 N–H and O–H groups in total. The molecule has 1 aromatic carbocycles. The summed E-state index contributed by atoms with van der Waals surface area (Å²) in [5, 5.41) is 3.04. The van der Waals surface area contributed by atoms with E-state index in [1.165, 1.54) is 45.7 Å². The van der Waals surface area contributed by atoms with E-state index in [9.17, 15) is 19.2 Å². The van der Waals surface area contributed by atoms with E-state index in [0.29, 0.717) is 25.9 Å². The zero-order chi connectivity index (χ0) is 23.3. The Morgan fingerprint density at radius 1 is 0.970 bits per heavy atom. The third-order valence-corrected chi connectivity index (χ3v) is 6.73. The maximum atomic E-state index is 13.1. The van der Waals surface area contributed by atoms with Crippen molar-refractivity contribution in [3.05, 3.63) is 62.6 Å². The van der Waals surface area contributed by atoms with Crippen LogP contribution in [0.3, 0.4) is 0 Å². The standard InChI is InChI=1S/C23H26N6O4/c1-25-21-20(22(32)26(2)23(25)33)27(14-24-21)13-19(31)29-9-5-8-28(29)18(30)12-15-10-16-6-3-4-7-17(16)11-15/h3-4,6-7,14-15H,5,8-13H2,1-2H3. The lowest BCUT2D eigenvalue weighted by Gasteiger charge is -2.29. The Hall–Kier alpha value is -3.69. The van der Waals surface area contributed by atoms with Gasteiger partial charge in [-0.3, -0.25) is 28.5 Å². The average Bonchev–Trinajstić information content (AvgIpc) is 3.53. The maximum Gasteiger partial charge on any atom is 0.332 e. The summed E-state index contributed by atoms with van der Waals surface area (Å²) in [6, 6.07) is 8.27. The second kappa shape index (κ2) is 8.02. The van der Waals surface area contributed by atoms with E-state index in [-0.39, 0.29) is 35.4 Å². The summed E-state index contributed by atoms with van der Waals surface area (Å²) in [4.78, 5) is 55.2. The lowest BCUT2D eigenvalue weighted by atomic mass is 10.0. The first-order chi connectivity index (χ1) is 15.8. The number of benzene rings is 1. The van der Waals surface area contributed by atoms with Crippen LogP contribution in [0.2, 0.25) is 0 Å². The monoisotopic (exact) mass is 450 g/mol. The highest BCUT2D eigenvalue weighted by atomic mass is 16.2. The van der Waals surface area contributed by atoms with Crippen molar-refractivity contribution in [2.75, 3.05) is 13.1 Å². The van der Waals surface area contributed by atoms with Crippen LogP contribution in [0.4, 0.5) is 0 Å². The number of hydrogen-bond donors (Lipinski definition) is 0. The van der Waals surface area contributed by atoms with Crippen molar-refractivity contribution in [3.63, 3.8) is 0 Å². The van der Waals surface area contributed by atoms with Crippen molar-refractivity contribution in [2.45, 2.75) is 32.2 Å². The van der Waals surface area contributed by atoms with E-state index in [4.69, 9.17) is 0 Å². The summed E-state index contributed by atoms with van der Waals surface area (Å²) in [5.41, 5.74) is 2.03. The molecule has 2 aromatic heterocycles. The molecule has 1 aliphatic heterocycles. The molecular weight excluding hydrogens is 424 g/mol. The fraction of sp³-hybridized carbons (Fsp3) is 0.435. The number of amides is 2. The number of carbonyl (C=O) groups excluding carboxylic acids is 2. The van der Waals surface area contributed by atoms with Gasteiger partial charge in [0.1, 0.15) is 6.54 Å². The van der Waals surface area contributed by atoms with Gasteiger partial charge in [-0.2, -0.15) is 0 Å². The molecule has 0 atom stereocenters. The van der Waals surface area contributed by atoms with Crippen molar-refractivity contribution in [1.82, 2.24) is 28.7 Å². The van der Waals surface area contributed by atoms with Crippen molar-refractivity contribution >= 4 is 23.0 Å². The lowest BCUT2D eigenvalue weighted by Crippen LogP contribution is -2.46. The van der Waals surface area contributed by atoms with Crippen molar-refractivity contribution in [2.24, 2.45) is 20.0 Å². The van der Waals surface area contributed by atoms with Gasteiger partial charge in [0, 0.05) is 33.6 Å². The second-order valence-corrected chi connectivity index (χ2v) is 8.88. The normalized spacial score (nSPS) is 16.1. The van der Waals surface area contributed by atoms with Crippen LogP contribution in [-0.4, -0.2) is 53.6 Å². The van der Waals surface area contributed by atoms with E-state index in [0.717, 1.165) is 17.4 Å². The summed E-state index contributed by atoms with van der Waals surface area (Å²) >= 11 is 0. The Kier molecular flexibility index (Phi) is 5.15. The average molecular weight is 450 g/mol. The minimum atomic E-state index is -0.506. The third kappa shape index (κ3) is 3.55. The van der Waals surface area contributed by atoms with Crippen LogP contribution in [0.5, 0.6) is 0 Å². The molecular formula is C23H26N6O4. The van der Waals surface area contributed by atoms with Gasteiger partial charge in [-0.1, -0.05) is 24.3 Å². The molecule has 10 heteroatoms. The Labute approximate surface area is 189 Å². The number of fused-ring (bicyclic) bond motifs is 2. The molecule has 33 heavy (non-hydrogen) atoms. The molecule has 1 fully saturated rings. The largest absolute Gasteiger partial charge is 0.332 e. The summed E-state index contributed by atoms with van der Waals surface area (Å²) in [6.07, 6.45) is 4.26. The van der Waals surface area contributed by atoms with Crippen LogP contribution >= 0.6 is 0 Å². The molecule has 10 nitrogen and oxygen atoms in total. The fourth-order valence-corrected chi connectivity index (χ4v) is 5.02. The predicted octanol–water partition coefficient (Wildman–Crippen LogP) is 0.215. The highest BCUT2D eigenvalue weighted by molar-refractivity contribution is 5.84.